The zero-order valence-corrected chi connectivity index (χ0v) is 17.9. The summed E-state index contributed by atoms with van der Waals surface area (Å²) in [6, 6.07) is 17.3. The van der Waals surface area contributed by atoms with Gasteiger partial charge in [-0.2, -0.15) is 0 Å². The van der Waals surface area contributed by atoms with Gasteiger partial charge < -0.3 is 14.2 Å². The number of nitrogens with zero attached hydrogens (tertiary/aromatic N) is 3. The highest BCUT2D eigenvalue weighted by Crippen LogP contribution is 2.31. The second-order valence-corrected chi connectivity index (χ2v) is 8.33. The third-order valence-electron chi connectivity index (χ3n) is 6.61. The van der Waals surface area contributed by atoms with Gasteiger partial charge in [0.25, 0.3) is 0 Å². The highest BCUT2D eigenvalue weighted by atomic mass is 16.5. The molecule has 1 fully saturated rings. The lowest BCUT2D eigenvalue weighted by Crippen LogP contribution is -2.46. The van der Waals surface area contributed by atoms with Crippen LogP contribution in [-0.4, -0.2) is 49.3 Å². The fraction of sp³-hybridized carbons (Fsp3) is 0.385. The fourth-order valence-corrected chi connectivity index (χ4v) is 5.07. The Morgan fingerprint density at radius 2 is 1.70 bits per heavy atom. The molecule has 4 nitrogen and oxygen atoms in total. The highest BCUT2D eigenvalue weighted by molar-refractivity contribution is 5.88. The van der Waals surface area contributed by atoms with Crippen molar-refractivity contribution in [1.82, 2.24) is 9.47 Å². The summed E-state index contributed by atoms with van der Waals surface area (Å²) in [6.45, 7) is 6.60. The van der Waals surface area contributed by atoms with E-state index in [4.69, 9.17) is 4.74 Å². The Hall–Kier alpha value is -2.72. The lowest BCUT2D eigenvalue weighted by molar-refractivity contribution is 0.250. The summed E-state index contributed by atoms with van der Waals surface area (Å²) in [7, 11) is 1.76. The minimum Gasteiger partial charge on any atom is -0.495 e. The molecule has 0 N–H and O–H groups in total. The van der Waals surface area contributed by atoms with Gasteiger partial charge in [-0.3, -0.25) is 4.90 Å². The number of benzene rings is 2. The quantitative estimate of drug-likeness (QED) is 0.591. The SMILES string of the molecule is COc1ccccc1N1CCN(CCCn2c3c(c4ccccc42)CCC=C3)CC1. The first-order valence-electron chi connectivity index (χ1n) is 11.2. The van der Waals surface area contributed by atoms with Crippen LogP contribution in [-0.2, 0) is 13.0 Å². The van der Waals surface area contributed by atoms with Crippen molar-refractivity contribution in [1.29, 1.82) is 0 Å². The van der Waals surface area contributed by atoms with Crippen molar-refractivity contribution in [2.24, 2.45) is 0 Å². The molecule has 1 aromatic heterocycles. The molecular formula is C26H31N3O. The van der Waals surface area contributed by atoms with Crippen molar-refractivity contribution < 1.29 is 4.74 Å². The fourth-order valence-electron chi connectivity index (χ4n) is 5.07. The predicted molar refractivity (Wildman–Crippen MR) is 126 cm³/mol. The Bertz CT molecular complexity index is 1040. The lowest BCUT2D eigenvalue weighted by Gasteiger charge is -2.36. The van der Waals surface area contributed by atoms with Gasteiger partial charge in [-0.1, -0.05) is 36.4 Å². The zero-order valence-electron chi connectivity index (χ0n) is 17.9. The third-order valence-corrected chi connectivity index (χ3v) is 6.61. The van der Waals surface area contributed by atoms with Gasteiger partial charge in [0.05, 0.1) is 12.8 Å². The van der Waals surface area contributed by atoms with Crippen LogP contribution in [0.1, 0.15) is 24.1 Å². The Kier molecular flexibility index (Phi) is 5.50. The molecule has 156 valence electrons. The van der Waals surface area contributed by atoms with Crippen LogP contribution in [0, 0.1) is 0 Å². The van der Waals surface area contributed by atoms with E-state index in [1.807, 2.05) is 6.07 Å². The smallest absolute Gasteiger partial charge is 0.142 e. The normalized spacial score (nSPS) is 16.8. The second kappa shape index (κ2) is 8.57. The van der Waals surface area contributed by atoms with E-state index >= 15 is 0 Å². The summed E-state index contributed by atoms with van der Waals surface area (Å²) in [6.07, 6.45) is 8.19. The summed E-state index contributed by atoms with van der Waals surface area (Å²) in [5, 5.41) is 1.45. The monoisotopic (exact) mass is 401 g/mol. The molecule has 3 aromatic rings. The van der Waals surface area contributed by atoms with Gasteiger partial charge in [-0.25, -0.2) is 0 Å². The van der Waals surface area contributed by atoms with E-state index in [0.29, 0.717) is 0 Å². The number of methoxy groups -OCH3 is 1. The average Bonchev–Trinajstić information content (AvgIpc) is 3.13. The van der Waals surface area contributed by atoms with Gasteiger partial charge in [0.1, 0.15) is 5.75 Å². The molecular weight excluding hydrogens is 370 g/mol. The van der Waals surface area contributed by atoms with Gasteiger partial charge >= 0.3 is 0 Å². The highest BCUT2D eigenvalue weighted by Gasteiger charge is 2.20. The van der Waals surface area contributed by atoms with Crippen LogP contribution in [0.5, 0.6) is 5.75 Å². The number of anilines is 1. The number of fused-ring (bicyclic) bond motifs is 3. The summed E-state index contributed by atoms with van der Waals surface area (Å²) in [5.74, 6) is 0.975. The van der Waals surface area contributed by atoms with Crippen molar-refractivity contribution in [3.8, 4) is 5.75 Å². The van der Waals surface area contributed by atoms with Gasteiger partial charge in [0.15, 0.2) is 0 Å². The Morgan fingerprint density at radius 1 is 0.900 bits per heavy atom. The van der Waals surface area contributed by atoms with Gasteiger partial charge in [-0.05, 0) is 55.6 Å². The summed E-state index contributed by atoms with van der Waals surface area (Å²) < 4.78 is 8.10. The number of rotatable bonds is 6. The van der Waals surface area contributed by atoms with Crippen molar-refractivity contribution in [3.05, 3.63) is 65.9 Å². The number of hydrogen-bond donors (Lipinski definition) is 0. The Morgan fingerprint density at radius 3 is 2.57 bits per heavy atom. The molecule has 0 atom stereocenters. The molecule has 2 heterocycles. The number of ether oxygens (including phenoxy) is 1. The van der Waals surface area contributed by atoms with E-state index in [1.165, 1.54) is 35.1 Å². The molecule has 0 spiro atoms. The molecule has 1 aliphatic heterocycles. The average molecular weight is 402 g/mol. The standard InChI is InChI=1S/C26H31N3O/c1-30-26-14-7-6-13-25(26)28-19-17-27(18-20-28)15-8-16-29-23-11-4-2-9-21(23)22-10-3-5-12-24(22)29/h2,4-7,9,11-14H,3,8,10,15-20H2,1H3. The van der Waals surface area contributed by atoms with Gasteiger partial charge in [-0.15, -0.1) is 0 Å². The van der Waals surface area contributed by atoms with Crippen molar-refractivity contribution in [2.45, 2.75) is 25.8 Å². The van der Waals surface area contributed by atoms with Gasteiger partial charge in [0, 0.05) is 49.3 Å². The molecule has 0 amide bonds. The van der Waals surface area contributed by atoms with Crippen LogP contribution >= 0.6 is 0 Å². The molecule has 5 rings (SSSR count). The maximum absolute atomic E-state index is 5.55. The molecule has 4 heteroatoms. The van der Waals surface area contributed by atoms with Crippen LogP contribution in [0.4, 0.5) is 5.69 Å². The van der Waals surface area contributed by atoms with Crippen molar-refractivity contribution in [2.75, 3.05) is 44.7 Å². The molecule has 0 bridgehead atoms. The maximum atomic E-state index is 5.55. The topological polar surface area (TPSA) is 20.6 Å². The van der Waals surface area contributed by atoms with E-state index in [9.17, 15) is 0 Å². The Labute approximate surface area is 179 Å². The first-order valence-corrected chi connectivity index (χ1v) is 11.2. The molecule has 0 unspecified atom stereocenters. The molecule has 0 saturated carbocycles. The molecule has 2 aromatic carbocycles. The second-order valence-electron chi connectivity index (χ2n) is 8.33. The van der Waals surface area contributed by atoms with E-state index in [2.05, 4.69) is 69.0 Å². The van der Waals surface area contributed by atoms with Crippen LogP contribution in [0.3, 0.4) is 0 Å². The Balaban J connectivity index is 1.21. The van der Waals surface area contributed by atoms with Crippen LogP contribution in [0.2, 0.25) is 0 Å². The van der Waals surface area contributed by atoms with Crippen LogP contribution in [0.15, 0.2) is 54.6 Å². The summed E-state index contributed by atoms with van der Waals surface area (Å²) in [5.41, 5.74) is 5.59. The first-order chi connectivity index (χ1) is 14.8. The van der Waals surface area contributed by atoms with Crippen molar-refractivity contribution >= 4 is 22.7 Å². The molecule has 1 saturated heterocycles. The van der Waals surface area contributed by atoms with E-state index in [1.54, 1.807) is 12.7 Å². The molecule has 2 aliphatic rings. The van der Waals surface area contributed by atoms with E-state index < -0.39 is 0 Å². The number of aryl methyl sites for hydroxylation is 2. The van der Waals surface area contributed by atoms with E-state index in [0.717, 1.165) is 51.4 Å². The van der Waals surface area contributed by atoms with Crippen LogP contribution in [0.25, 0.3) is 17.0 Å². The summed E-state index contributed by atoms with van der Waals surface area (Å²) >= 11 is 0. The first kappa shape index (κ1) is 19.3. The minimum atomic E-state index is 0.975. The molecule has 1 aliphatic carbocycles. The number of hydrogen-bond acceptors (Lipinski definition) is 3. The largest absolute Gasteiger partial charge is 0.495 e. The third kappa shape index (κ3) is 3.61. The van der Waals surface area contributed by atoms with Gasteiger partial charge in [0.2, 0.25) is 0 Å². The maximum Gasteiger partial charge on any atom is 0.142 e. The number of allylic oxidation sites excluding steroid dienone is 1. The zero-order chi connectivity index (χ0) is 20.3. The predicted octanol–water partition coefficient (Wildman–Crippen LogP) is 4.82. The molecule has 30 heavy (non-hydrogen) atoms. The number of piperazine rings is 1. The van der Waals surface area contributed by atoms with E-state index in [-0.39, 0.29) is 0 Å². The number of para-hydroxylation sites is 3. The summed E-state index contributed by atoms with van der Waals surface area (Å²) in [4.78, 5) is 5.07. The number of aromatic nitrogens is 1. The van der Waals surface area contributed by atoms with Crippen LogP contribution < -0.4 is 9.64 Å². The molecule has 0 radical (unpaired) electrons. The lowest BCUT2D eigenvalue weighted by atomic mass is 10.0. The van der Waals surface area contributed by atoms with Crippen molar-refractivity contribution in [3.63, 3.8) is 0 Å². The minimum absolute atomic E-state index is 0.975.